The van der Waals surface area contributed by atoms with Crippen LogP contribution in [0.25, 0.3) is 0 Å². The van der Waals surface area contributed by atoms with Crippen LogP contribution in [0.4, 0.5) is 0 Å². The highest BCUT2D eigenvalue weighted by molar-refractivity contribution is 9.10. The van der Waals surface area contributed by atoms with Crippen molar-refractivity contribution in [2.24, 2.45) is 4.99 Å². The van der Waals surface area contributed by atoms with E-state index in [0.29, 0.717) is 6.54 Å². The summed E-state index contributed by atoms with van der Waals surface area (Å²) >= 11 is 5.30. The zero-order chi connectivity index (χ0) is 16.2. The van der Waals surface area contributed by atoms with Gasteiger partial charge in [0, 0.05) is 23.3 Å². The molecule has 0 unspecified atom stereocenters. The van der Waals surface area contributed by atoms with Crippen molar-refractivity contribution in [1.82, 2.24) is 10.6 Å². The van der Waals surface area contributed by atoms with Crippen LogP contribution >= 0.6 is 27.3 Å². The number of guanidine groups is 1. The first-order valence-corrected chi connectivity index (χ1v) is 8.84. The van der Waals surface area contributed by atoms with Crippen LogP contribution in [0.2, 0.25) is 0 Å². The van der Waals surface area contributed by atoms with E-state index in [1.165, 1.54) is 9.75 Å². The molecular formula is C16H18BrN3O2S. The van der Waals surface area contributed by atoms with Crippen LogP contribution in [0.15, 0.2) is 33.7 Å². The van der Waals surface area contributed by atoms with Crippen LogP contribution in [0.1, 0.15) is 15.3 Å². The Labute approximate surface area is 147 Å². The summed E-state index contributed by atoms with van der Waals surface area (Å²) < 4.78 is 11.7. The molecule has 2 N–H and O–H groups in total. The van der Waals surface area contributed by atoms with Gasteiger partial charge in [0.2, 0.25) is 6.79 Å². The van der Waals surface area contributed by atoms with E-state index in [1.54, 1.807) is 18.4 Å². The number of rotatable bonds is 4. The summed E-state index contributed by atoms with van der Waals surface area (Å²) in [6.07, 6.45) is 0. The highest BCUT2D eigenvalue weighted by Gasteiger charge is 2.17. The van der Waals surface area contributed by atoms with Gasteiger partial charge in [0.15, 0.2) is 17.5 Å². The Balaban J connectivity index is 1.57. The molecule has 23 heavy (non-hydrogen) atoms. The van der Waals surface area contributed by atoms with Gasteiger partial charge in [-0.1, -0.05) is 0 Å². The molecular weight excluding hydrogens is 378 g/mol. The number of hydrogen-bond donors (Lipinski definition) is 2. The minimum absolute atomic E-state index is 0.272. The molecule has 1 aromatic carbocycles. The van der Waals surface area contributed by atoms with Gasteiger partial charge in [-0.25, -0.2) is 0 Å². The molecule has 122 valence electrons. The van der Waals surface area contributed by atoms with E-state index < -0.39 is 0 Å². The summed E-state index contributed by atoms with van der Waals surface area (Å²) in [5.74, 6) is 2.31. The third-order valence-corrected chi connectivity index (χ3v) is 4.99. The van der Waals surface area contributed by atoms with Crippen molar-refractivity contribution in [1.29, 1.82) is 0 Å². The molecule has 0 aliphatic carbocycles. The molecule has 1 aliphatic rings. The van der Waals surface area contributed by atoms with E-state index in [-0.39, 0.29) is 6.79 Å². The van der Waals surface area contributed by atoms with Crippen LogP contribution in [0, 0.1) is 6.92 Å². The Morgan fingerprint density at radius 1 is 1.26 bits per heavy atom. The number of halogens is 1. The Bertz CT molecular complexity index is 730. The molecule has 0 atom stereocenters. The fourth-order valence-electron chi connectivity index (χ4n) is 2.28. The van der Waals surface area contributed by atoms with Crippen molar-refractivity contribution in [3.05, 3.63) is 44.1 Å². The number of thiophene rings is 1. The van der Waals surface area contributed by atoms with Gasteiger partial charge in [-0.15, -0.1) is 11.3 Å². The Hall–Kier alpha value is -1.73. The van der Waals surface area contributed by atoms with Crippen molar-refractivity contribution in [2.45, 2.75) is 20.0 Å². The van der Waals surface area contributed by atoms with Gasteiger partial charge in [0.25, 0.3) is 0 Å². The van der Waals surface area contributed by atoms with Crippen molar-refractivity contribution >= 4 is 33.2 Å². The fourth-order valence-corrected chi connectivity index (χ4v) is 3.71. The molecule has 5 nitrogen and oxygen atoms in total. The maximum Gasteiger partial charge on any atom is 0.231 e. The number of aryl methyl sites for hydroxylation is 1. The monoisotopic (exact) mass is 395 g/mol. The topological polar surface area (TPSA) is 54.9 Å². The number of ether oxygens (including phenoxy) is 2. The highest BCUT2D eigenvalue weighted by Crippen LogP contribution is 2.39. The van der Waals surface area contributed by atoms with Crippen LogP contribution in [-0.4, -0.2) is 19.8 Å². The Morgan fingerprint density at radius 3 is 2.83 bits per heavy atom. The summed E-state index contributed by atoms with van der Waals surface area (Å²) in [4.78, 5) is 6.85. The maximum absolute atomic E-state index is 5.44. The Morgan fingerprint density at radius 2 is 2.09 bits per heavy atom. The number of aliphatic imine (C=N–C) groups is 1. The average molecular weight is 396 g/mol. The van der Waals surface area contributed by atoms with Gasteiger partial charge in [0.05, 0.1) is 11.0 Å². The van der Waals surface area contributed by atoms with Crippen molar-refractivity contribution in [3.63, 3.8) is 0 Å². The van der Waals surface area contributed by atoms with Gasteiger partial charge >= 0.3 is 0 Å². The van der Waals surface area contributed by atoms with Crippen molar-refractivity contribution in [3.8, 4) is 11.5 Å². The van der Waals surface area contributed by atoms with E-state index in [9.17, 15) is 0 Å². The second-order valence-electron chi connectivity index (χ2n) is 5.10. The van der Waals surface area contributed by atoms with Gasteiger partial charge in [-0.05, 0) is 52.7 Å². The quantitative estimate of drug-likeness (QED) is 0.615. The highest BCUT2D eigenvalue weighted by atomic mass is 79.9. The summed E-state index contributed by atoms with van der Waals surface area (Å²) in [6, 6.07) is 8.27. The molecule has 1 aromatic heterocycles. The predicted octanol–water partition coefficient (Wildman–Crippen LogP) is 3.41. The number of hydrogen-bond acceptors (Lipinski definition) is 4. The van der Waals surface area contributed by atoms with Gasteiger partial charge in [-0.2, -0.15) is 0 Å². The lowest BCUT2D eigenvalue weighted by Gasteiger charge is -2.12. The van der Waals surface area contributed by atoms with Gasteiger partial charge in [-0.3, -0.25) is 4.99 Å². The van der Waals surface area contributed by atoms with Crippen LogP contribution in [-0.2, 0) is 13.1 Å². The number of fused-ring (bicyclic) bond motifs is 1. The van der Waals surface area contributed by atoms with Crippen molar-refractivity contribution < 1.29 is 9.47 Å². The first-order valence-electron chi connectivity index (χ1n) is 7.23. The van der Waals surface area contributed by atoms with E-state index in [0.717, 1.165) is 34.0 Å². The lowest BCUT2D eigenvalue weighted by Crippen LogP contribution is -2.36. The van der Waals surface area contributed by atoms with E-state index in [2.05, 4.69) is 50.6 Å². The lowest BCUT2D eigenvalue weighted by molar-refractivity contribution is 0.173. The summed E-state index contributed by atoms with van der Waals surface area (Å²) in [5.41, 5.74) is 1.09. The molecule has 0 bridgehead atoms. The summed E-state index contributed by atoms with van der Waals surface area (Å²) in [6.45, 7) is 3.80. The first kappa shape index (κ1) is 16.1. The molecule has 0 fully saturated rings. The maximum atomic E-state index is 5.44. The molecule has 0 spiro atoms. The fraction of sp³-hybridized carbons (Fsp3) is 0.312. The molecule has 0 saturated carbocycles. The molecule has 7 heteroatoms. The SMILES string of the molecule is CN=C(NCc1cc(Br)c2c(c1)OCO2)NCc1ccc(C)s1. The second kappa shape index (κ2) is 7.23. The molecule has 0 amide bonds. The van der Waals surface area contributed by atoms with Crippen LogP contribution in [0.3, 0.4) is 0 Å². The average Bonchev–Trinajstić information content (AvgIpc) is 3.16. The largest absolute Gasteiger partial charge is 0.454 e. The molecule has 0 radical (unpaired) electrons. The number of benzene rings is 1. The first-order chi connectivity index (χ1) is 11.2. The van der Waals surface area contributed by atoms with Gasteiger partial charge in [0.1, 0.15) is 0 Å². The zero-order valence-electron chi connectivity index (χ0n) is 13.0. The summed E-state index contributed by atoms with van der Waals surface area (Å²) in [5, 5.41) is 6.63. The number of nitrogens with zero attached hydrogens (tertiary/aromatic N) is 1. The third-order valence-electron chi connectivity index (χ3n) is 3.40. The van der Waals surface area contributed by atoms with E-state index >= 15 is 0 Å². The molecule has 2 heterocycles. The predicted molar refractivity (Wildman–Crippen MR) is 96.4 cm³/mol. The molecule has 0 saturated heterocycles. The minimum atomic E-state index is 0.272. The molecule has 1 aliphatic heterocycles. The number of nitrogens with one attached hydrogen (secondary N) is 2. The van der Waals surface area contributed by atoms with Gasteiger partial charge < -0.3 is 20.1 Å². The third kappa shape index (κ3) is 3.97. The lowest BCUT2D eigenvalue weighted by atomic mass is 10.2. The zero-order valence-corrected chi connectivity index (χ0v) is 15.4. The van der Waals surface area contributed by atoms with Crippen LogP contribution < -0.4 is 20.1 Å². The van der Waals surface area contributed by atoms with E-state index in [1.807, 2.05) is 12.1 Å². The molecule has 2 aromatic rings. The second-order valence-corrected chi connectivity index (χ2v) is 7.33. The normalized spacial score (nSPS) is 13.3. The minimum Gasteiger partial charge on any atom is -0.454 e. The molecule has 3 rings (SSSR count). The van der Waals surface area contributed by atoms with E-state index in [4.69, 9.17) is 9.47 Å². The summed E-state index contributed by atoms with van der Waals surface area (Å²) in [7, 11) is 1.77. The smallest absolute Gasteiger partial charge is 0.231 e. The Kier molecular flexibility index (Phi) is 5.07. The van der Waals surface area contributed by atoms with Crippen molar-refractivity contribution in [2.75, 3.05) is 13.8 Å². The standard InChI is InChI=1S/C16H18BrN3O2S/c1-10-3-4-12(23-10)8-20-16(18-2)19-7-11-5-13(17)15-14(6-11)21-9-22-15/h3-6H,7-9H2,1-2H3,(H2,18,19,20). The van der Waals surface area contributed by atoms with Crippen LogP contribution in [0.5, 0.6) is 11.5 Å².